The first-order valence-electron chi connectivity index (χ1n) is 3.70. The van der Waals surface area contributed by atoms with E-state index in [4.69, 9.17) is 9.52 Å². The Hall–Kier alpha value is -0.620. The lowest BCUT2D eigenvalue weighted by Gasteiger charge is -1.94. The minimum Gasteiger partial charge on any atom is -0.447 e. The number of hydrogen-bond acceptors (Lipinski definition) is 2. The lowest BCUT2D eigenvalue weighted by atomic mass is 10.1. The summed E-state index contributed by atoms with van der Waals surface area (Å²) in [5, 5.41) is 9.38. The monoisotopic (exact) mass is 292 g/mol. The molecule has 13 heavy (non-hydrogen) atoms. The molecular weight excluding hydrogens is 286 g/mol. The summed E-state index contributed by atoms with van der Waals surface area (Å²) in [5.41, 5.74) is 1.05. The molecule has 2 rings (SSSR count). The van der Waals surface area contributed by atoms with Crippen molar-refractivity contribution in [1.82, 2.24) is 0 Å². The van der Waals surface area contributed by atoms with Crippen LogP contribution in [0.25, 0.3) is 11.0 Å². The molecule has 0 saturated heterocycles. The number of fused-ring (bicyclic) bond motifs is 1. The predicted molar refractivity (Wildman–Crippen MR) is 54.8 cm³/mol. The molecule has 1 heterocycles. The minimum atomic E-state index is -0.356. The third-order valence-corrected chi connectivity index (χ3v) is 2.56. The van der Waals surface area contributed by atoms with Crippen molar-refractivity contribution in [2.24, 2.45) is 0 Å². The van der Waals surface area contributed by atoms with Gasteiger partial charge in [-0.1, -0.05) is 12.1 Å². The Bertz CT molecular complexity index is 450. The van der Waals surface area contributed by atoms with Gasteiger partial charge < -0.3 is 9.52 Å². The molecule has 1 aromatic heterocycles. The van der Waals surface area contributed by atoms with Crippen molar-refractivity contribution in [2.45, 2.75) is 6.61 Å². The topological polar surface area (TPSA) is 33.4 Å². The van der Waals surface area contributed by atoms with Gasteiger partial charge in [-0.2, -0.15) is 0 Å². The van der Waals surface area contributed by atoms with Crippen LogP contribution in [0.4, 0.5) is 4.39 Å². The smallest absolute Gasteiger partial charge is 0.200 e. The molecule has 0 unspecified atom stereocenters. The zero-order chi connectivity index (χ0) is 9.42. The highest BCUT2D eigenvalue weighted by molar-refractivity contribution is 14.1. The summed E-state index contributed by atoms with van der Waals surface area (Å²) in [5.74, 6) is -0.356. The van der Waals surface area contributed by atoms with E-state index in [-0.39, 0.29) is 16.2 Å². The zero-order valence-corrected chi connectivity index (χ0v) is 8.71. The van der Waals surface area contributed by atoms with Crippen molar-refractivity contribution >= 4 is 33.6 Å². The summed E-state index contributed by atoms with van der Waals surface area (Å²) in [6.45, 7) is -0.139. The lowest BCUT2D eigenvalue weighted by molar-refractivity contribution is 0.281. The van der Waals surface area contributed by atoms with Crippen molar-refractivity contribution in [3.63, 3.8) is 0 Å². The van der Waals surface area contributed by atoms with E-state index in [2.05, 4.69) is 0 Å². The van der Waals surface area contributed by atoms with Gasteiger partial charge in [0.25, 0.3) is 0 Å². The van der Waals surface area contributed by atoms with Gasteiger partial charge in [0.15, 0.2) is 5.82 Å². The molecule has 2 aromatic rings. The quantitative estimate of drug-likeness (QED) is 0.820. The van der Waals surface area contributed by atoms with Gasteiger partial charge in [-0.05, 0) is 6.07 Å². The van der Waals surface area contributed by atoms with Gasteiger partial charge >= 0.3 is 0 Å². The fraction of sp³-hybridized carbons (Fsp3) is 0.111. The second-order valence-corrected chi connectivity index (χ2v) is 3.62. The summed E-state index contributed by atoms with van der Waals surface area (Å²) in [7, 11) is 0. The van der Waals surface area contributed by atoms with Gasteiger partial charge in [-0.3, -0.25) is 0 Å². The second kappa shape index (κ2) is 3.26. The Morgan fingerprint density at radius 1 is 1.46 bits per heavy atom. The number of para-hydroxylation sites is 1. The van der Waals surface area contributed by atoms with Crippen LogP contribution in [0.3, 0.4) is 0 Å². The fourth-order valence-electron chi connectivity index (χ4n) is 1.24. The standard InChI is InChI=1S/C9H6FIO2/c10-7-6-3-1-2-5(4-12)8(6)13-9(7)11/h1-3,12H,4H2. The molecule has 1 aromatic carbocycles. The number of hydrogen-bond donors (Lipinski definition) is 1. The molecule has 0 atom stereocenters. The van der Waals surface area contributed by atoms with Crippen LogP contribution >= 0.6 is 22.6 Å². The van der Waals surface area contributed by atoms with E-state index in [1.54, 1.807) is 40.8 Å². The molecule has 0 saturated carbocycles. The molecule has 2 nitrogen and oxygen atoms in total. The van der Waals surface area contributed by atoms with Crippen LogP contribution in [0.1, 0.15) is 5.56 Å². The average molecular weight is 292 g/mol. The van der Waals surface area contributed by atoms with Gasteiger partial charge in [0.05, 0.1) is 12.0 Å². The Morgan fingerprint density at radius 3 is 2.92 bits per heavy atom. The van der Waals surface area contributed by atoms with Crippen LogP contribution in [0, 0.1) is 9.58 Å². The van der Waals surface area contributed by atoms with Gasteiger partial charge in [-0.15, -0.1) is 0 Å². The first kappa shape index (κ1) is 8.96. The van der Waals surface area contributed by atoms with Crippen LogP contribution in [0.5, 0.6) is 0 Å². The van der Waals surface area contributed by atoms with E-state index in [9.17, 15) is 4.39 Å². The number of aliphatic hydroxyl groups is 1. The normalized spacial score (nSPS) is 11.0. The van der Waals surface area contributed by atoms with Crippen LogP contribution in [-0.4, -0.2) is 5.11 Å². The Morgan fingerprint density at radius 2 is 2.23 bits per heavy atom. The first-order valence-corrected chi connectivity index (χ1v) is 4.78. The molecule has 0 aliphatic heterocycles. The van der Waals surface area contributed by atoms with Crippen molar-refractivity contribution < 1.29 is 13.9 Å². The molecule has 0 amide bonds. The fourth-order valence-corrected chi connectivity index (χ4v) is 1.75. The van der Waals surface area contributed by atoms with E-state index in [0.29, 0.717) is 16.5 Å². The summed E-state index contributed by atoms with van der Waals surface area (Å²) in [6.07, 6.45) is 0. The van der Waals surface area contributed by atoms with Gasteiger partial charge in [0.2, 0.25) is 3.77 Å². The van der Waals surface area contributed by atoms with Gasteiger partial charge in [-0.25, -0.2) is 4.39 Å². The van der Waals surface area contributed by atoms with Crippen LogP contribution in [0.2, 0.25) is 0 Å². The molecule has 1 N–H and O–H groups in total. The third kappa shape index (κ3) is 1.34. The molecule has 0 bridgehead atoms. The Balaban J connectivity index is 2.84. The van der Waals surface area contributed by atoms with Crippen molar-refractivity contribution in [3.8, 4) is 0 Å². The maximum Gasteiger partial charge on any atom is 0.200 e. The van der Waals surface area contributed by atoms with Crippen LogP contribution < -0.4 is 0 Å². The van der Waals surface area contributed by atoms with Crippen molar-refractivity contribution in [1.29, 1.82) is 0 Å². The molecule has 0 aliphatic carbocycles. The first-order chi connectivity index (χ1) is 6.24. The number of rotatable bonds is 1. The van der Waals surface area contributed by atoms with E-state index in [1.807, 2.05) is 0 Å². The maximum absolute atomic E-state index is 13.3. The van der Waals surface area contributed by atoms with E-state index >= 15 is 0 Å². The summed E-state index contributed by atoms with van der Waals surface area (Å²) < 4.78 is 18.7. The van der Waals surface area contributed by atoms with Crippen molar-refractivity contribution in [2.75, 3.05) is 0 Å². The summed E-state index contributed by atoms with van der Waals surface area (Å²) in [4.78, 5) is 0. The van der Waals surface area contributed by atoms with E-state index < -0.39 is 0 Å². The van der Waals surface area contributed by atoms with E-state index in [1.165, 1.54) is 0 Å². The highest BCUT2D eigenvalue weighted by atomic mass is 127. The number of furan rings is 1. The predicted octanol–water partition coefficient (Wildman–Crippen LogP) is 2.67. The van der Waals surface area contributed by atoms with Crippen molar-refractivity contribution in [3.05, 3.63) is 33.3 Å². The average Bonchev–Trinajstić information content (AvgIpc) is 2.43. The Labute approximate surface area is 87.5 Å². The Kier molecular flexibility index (Phi) is 2.25. The molecule has 0 aliphatic rings. The summed E-state index contributed by atoms with van der Waals surface area (Å²) >= 11 is 1.79. The maximum atomic E-state index is 13.3. The highest BCUT2D eigenvalue weighted by Crippen LogP contribution is 2.27. The van der Waals surface area contributed by atoms with Crippen LogP contribution in [-0.2, 0) is 6.61 Å². The summed E-state index contributed by atoms with van der Waals surface area (Å²) in [6, 6.07) is 5.04. The molecule has 68 valence electrons. The lowest BCUT2D eigenvalue weighted by Crippen LogP contribution is -1.82. The van der Waals surface area contributed by atoms with E-state index in [0.717, 1.165) is 0 Å². The number of aliphatic hydroxyl groups excluding tert-OH is 1. The minimum absolute atomic E-state index is 0.139. The largest absolute Gasteiger partial charge is 0.447 e. The van der Waals surface area contributed by atoms with Gasteiger partial charge in [0.1, 0.15) is 5.58 Å². The molecule has 0 spiro atoms. The van der Waals surface area contributed by atoms with Gasteiger partial charge in [0, 0.05) is 28.2 Å². The van der Waals surface area contributed by atoms with Crippen LogP contribution in [0.15, 0.2) is 22.6 Å². The molecular formula is C9H6FIO2. The third-order valence-electron chi connectivity index (χ3n) is 1.87. The molecule has 0 radical (unpaired) electrons. The molecule has 0 fully saturated rings. The molecule has 4 heteroatoms. The SMILES string of the molecule is OCc1cccc2c(F)c(I)oc12. The number of halogens is 2. The highest BCUT2D eigenvalue weighted by Gasteiger charge is 2.13. The zero-order valence-electron chi connectivity index (χ0n) is 6.55. The number of benzene rings is 1. The second-order valence-electron chi connectivity index (χ2n) is 2.64.